The lowest BCUT2D eigenvalue weighted by Crippen LogP contribution is -1.64. The Bertz CT molecular complexity index is 15.0. The molecule has 0 rings (SSSR count). The van der Waals surface area contributed by atoms with Gasteiger partial charge in [0.25, 0.3) is 0 Å². The van der Waals surface area contributed by atoms with Gasteiger partial charge >= 0.3 is 0 Å². The fourth-order valence-corrected chi connectivity index (χ4v) is 0. The maximum Gasteiger partial charge on any atom is 0.0654 e. The van der Waals surface area contributed by atoms with Gasteiger partial charge in [-0.3, -0.25) is 4.29 Å². The second-order valence-electron chi connectivity index (χ2n) is 0.398. The highest BCUT2D eigenvalue weighted by Crippen LogP contribution is 1.71. The summed E-state index contributed by atoms with van der Waals surface area (Å²) in [5, 5.41) is 0. The highest BCUT2D eigenvalue weighted by atomic mass is 35.5. The summed E-state index contributed by atoms with van der Waals surface area (Å²) < 4.78 is 4.01. The Morgan fingerprint density at radius 3 is 1.83 bits per heavy atom. The Kier molecular flexibility index (Phi) is 31.3. The molecule has 0 unspecified atom stereocenters. The maximum atomic E-state index is 4.69. The first-order valence-electron chi connectivity index (χ1n) is 1.65. The van der Waals surface area contributed by atoms with Gasteiger partial charge in [-0.25, -0.2) is 0 Å². The van der Waals surface area contributed by atoms with E-state index in [0.29, 0.717) is 6.61 Å². The van der Waals surface area contributed by atoms with Crippen LogP contribution >= 0.6 is 11.9 Å². The summed E-state index contributed by atoms with van der Waals surface area (Å²) >= 11 is 4.69. The van der Waals surface area contributed by atoms with Crippen LogP contribution in [0.4, 0.5) is 0 Å². The molecule has 0 N–H and O–H groups in total. The molecule has 2 heteroatoms. The predicted molar refractivity (Wildman–Crippen MR) is 28.7 cm³/mol. The zero-order valence-electron chi connectivity index (χ0n) is 3.91. The molecule has 0 saturated heterocycles. The van der Waals surface area contributed by atoms with Crippen molar-refractivity contribution < 1.29 is 4.29 Å². The number of hydrogen-bond donors (Lipinski definition) is 0. The van der Waals surface area contributed by atoms with E-state index in [1.54, 1.807) is 0 Å². The predicted octanol–water partition coefficient (Wildman–Crippen LogP) is 1.98. The molecule has 0 fully saturated rings. The second-order valence-corrected chi connectivity index (χ2v) is 0.616. The summed E-state index contributed by atoms with van der Waals surface area (Å²) in [6.07, 6.45) is 0. The van der Waals surface area contributed by atoms with E-state index < -0.39 is 0 Å². The molecule has 0 aromatic rings. The lowest BCUT2D eigenvalue weighted by molar-refractivity contribution is 0.378. The van der Waals surface area contributed by atoms with Crippen molar-refractivity contribution in [3.05, 3.63) is 13.2 Å². The Morgan fingerprint density at radius 1 is 1.67 bits per heavy atom. The van der Waals surface area contributed by atoms with E-state index >= 15 is 0 Å². The molecule has 0 heterocycles. The van der Waals surface area contributed by atoms with Crippen molar-refractivity contribution in [1.82, 2.24) is 0 Å². The smallest absolute Gasteiger partial charge is 0.0654 e. The van der Waals surface area contributed by atoms with Crippen LogP contribution in [0.5, 0.6) is 0 Å². The van der Waals surface area contributed by atoms with Crippen molar-refractivity contribution in [2.24, 2.45) is 0 Å². The van der Waals surface area contributed by atoms with Crippen molar-refractivity contribution in [3.8, 4) is 0 Å². The second kappa shape index (κ2) is 20.1. The summed E-state index contributed by atoms with van der Waals surface area (Å²) in [4.78, 5) is 0. The first-order chi connectivity index (χ1) is 2.91. The molecule has 38 valence electrons. The largest absolute Gasteiger partial charge is 0.280 e. The van der Waals surface area contributed by atoms with Gasteiger partial charge in [0.05, 0.1) is 18.5 Å². The molecule has 0 radical (unpaired) electrons. The first-order valence-corrected chi connectivity index (χ1v) is 1.96. The quantitative estimate of drug-likeness (QED) is 0.467. The minimum Gasteiger partial charge on any atom is -0.280 e. The summed E-state index contributed by atoms with van der Waals surface area (Å²) in [6, 6.07) is 0. The monoisotopic (exact) mass is 108 g/mol. The average Bonchev–Trinajstić information content (AvgIpc) is 1.72. The van der Waals surface area contributed by atoms with Gasteiger partial charge in [0.15, 0.2) is 0 Å². The van der Waals surface area contributed by atoms with Crippen molar-refractivity contribution in [3.63, 3.8) is 0 Å². The van der Waals surface area contributed by atoms with E-state index in [9.17, 15) is 0 Å². The molecule has 0 aromatic heterocycles. The summed E-state index contributed by atoms with van der Waals surface area (Å²) in [7, 11) is 0. The molecule has 0 aliphatic carbocycles. The van der Waals surface area contributed by atoms with Crippen molar-refractivity contribution in [2.45, 2.75) is 6.92 Å². The van der Waals surface area contributed by atoms with Crippen LogP contribution in [0.25, 0.3) is 0 Å². The maximum absolute atomic E-state index is 4.69. The van der Waals surface area contributed by atoms with Crippen LogP contribution in [0.3, 0.4) is 0 Å². The molecule has 0 amide bonds. The Labute approximate surface area is 43.7 Å². The van der Waals surface area contributed by atoms with Crippen LogP contribution in [0.2, 0.25) is 0 Å². The lowest BCUT2D eigenvalue weighted by Gasteiger charge is -1.70. The fourth-order valence-electron chi connectivity index (χ4n) is 0. The van der Waals surface area contributed by atoms with Gasteiger partial charge in [0.2, 0.25) is 0 Å². The third kappa shape index (κ3) is 36.4. The van der Waals surface area contributed by atoms with Gasteiger partial charge < -0.3 is 0 Å². The van der Waals surface area contributed by atoms with E-state index in [1.807, 2.05) is 6.92 Å². The third-order valence-corrected chi connectivity index (χ3v) is 0.327. The number of rotatable bonds is 1. The van der Waals surface area contributed by atoms with Crippen LogP contribution in [0.15, 0.2) is 13.2 Å². The molecular weight excluding hydrogens is 99.5 g/mol. The SMILES string of the molecule is C=C.CCOCl. The van der Waals surface area contributed by atoms with Gasteiger partial charge in [0, 0.05) is 0 Å². The van der Waals surface area contributed by atoms with Crippen molar-refractivity contribution in [1.29, 1.82) is 0 Å². The highest BCUT2D eigenvalue weighted by molar-refractivity contribution is 6.07. The molecule has 0 bridgehead atoms. The zero-order chi connectivity index (χ0) is 5.41. The molecule has 0 aliphatic rings. The van der Waals surface area contributed by atoms with Gasteiger partial charge in [-0.05, 0) is 6.92 Å². The Balaban J connectivity index is 0. The number of hydrogen-bond acceptors (Lipinski definition) is 1. The van der Waals surface area contributed by atoms with E-state index in [1.165, 1.54) is 0 Å². The summed E-state index contributed by atoms with van der Waals surface area (Å²) in [5.41, 5.74) is 0. The van der Waals surface area contributed by atoms with Crippen molar-refractivity contribution in [2.75, 3.05) is 6.61 Å². The standard InChI is InChI=1S/C2H5ClO.C2H4/c1-2-4-3;1-2/h2H2,1H3;1-2H2. The first kappa shape index (κ1) is 9.37. The average molecular weight is 109 g/mol. The minimum absolute atomic E-state index is 0.585. The summed E-state index contributed by atoms with van der Waals surface area (Å²) in [5.74, 6) is 0. The summed E-state index contributed by atoms with van der Waals surface area (Å²) in [6.45, 7) is 8.41. The highest BCUT2D eigenvalue weighted by Gasteiger charge is 1.55. The van der Waals surface area contributed by atoms with Crippen LogP contribution < -0.4 is 0 Å². The van der Waals surface area contributed by atoms with Gasteiger partial charge in [0.1, 0.15) is 0 Å². The third-order valence-electron chi connectivity index (χ3n) is 0.109. The van der Waals surface area contributed by atoms with Crippen LogP contribution in [0, 0.1) is 0 Å². The van der Waals surface area contributed by atoms with E-state index in [2.05, 4.69) is 29.3 Å². The molecular formula is C4H9ClO. The minimum atomic E-state index is 0.585. The van der Waals surface area contributed by atoms with E-state index in [4.69, 9.17) is 0 Å². The molecule has 0 aliphatic heterocycles. The van der Waals surface area contributed by atoms with E-state index in [-0.39, 0.29) is 0 Å². The van der Waals surface area contributed by atoms with Crippen LogP contribution in [-0.4, -0.2) is 6.61 Å². The Hall–Kier alpha value is -0.0100. The van der Waals surface area contributed by atoms with Crippen LogP contribution in [0.1, 0.15) is 6.92 Å². The van der Waals surface area contributed by atoms with Crippen LogP contribution in [-0.2, 0) is 4.29 Å². The normalized spacial score (nSPS) is 5.67. The van der Waals surface area contributed by atoms with Gasteiger partial charge in [-0.2, -0.15) is 0 Å². The van der Waals surface area contributed by atoms with E-state index in [0.717, 1.165) is 0 Å². The molecule has 0 saturated carbocycles. The van der Waals surface area contributed by atoms with Gasteiger partial charge in [-0.1, -0.05) is 0 Å². The molecule has 6 heavy (non-hydrogen) atoms. The lowest BCUT2D eigenvalue weighted by atomic mass is 10.9. The topological polar surface area (TPSA) is 9.23 Å². The van der Waals surface area contributed by atoms with Crippen molar-refractivity contribution >= 4 is 11.9 Å². The Morgan fingerprint density at radius 2 is 1.83 bits per heavy atom. The molecule has 0 atom stereocenters. The fraction of sp³-hybridized carbons (Fsp3) is 0.500. The molecule has 1 nitrogen and oxygen atoms in total. The number of halogens is 1. The molecule has 0 aromatic carbocycles. The van der Waals surface area contributed by atoms with Gasteiger partial charge in [-0.15, -0.1) is 13.2 Å². The zero-order valence-corrected chi connectivity index (χ0v) is 4.66. The molecule has 0 spiro atoms.